The SMILES string of the molecule is CC1CCCC(N(C)C(=O)[C@@H]2CC[C@H](C(=O)O)O2)C1. The van der Waals surface area contributed by atoms with Gasteiger partial charge in [-0.1, -0.05) is 19.8 Å². The number of carboxylic acid groups (broad SMARTS) is 1. The summed E-state index contributed by atoms with van der Waals surface area (Å²) < 4.78 is 5.33. The Labute approximate surface area is 113 Å². The number of rotatable bonds is 3. The Morgan fingerprint density at radius 2 is 1.84 bits per heavy atom. The molecule has 0 radical (unpaired) electrons. The molecule has 0 aromatic heterocycles. The first-order valence-electron chi connectivity index (χ1n) is 7.14. The average Bonchev–Trinajstić information content (AvgIpc) is 2.86. The maximum Gasteiger partial charge on any atom is 0.332 e. The number of hydrogen-bond acceptors (Lipinski definition) is 3. The highest BCUT2D eigenvalue weighted by Gasteiger charge is 2.37. The third kappa shape index (κ3) is 3.26. The van der Waals surface area contributed by atoms with Crippen molar-refractivity contribution in [3.63, 3.8) is 0 Å². The van der Waals surface area contributed by atoms with Crippen LogP contribution in [0.15, 0.2) is 0 Å². The largest absolute Gasteiger partial charge is 0.479 e. The van der Waals surface area contributed by atoms with E-state index in [2.05, 4.69) is 6.92 Å². The molecule has 5 nitrogen and oxygen atoms in total. The van der Waals surface area contributed by atoms with Crippen molar-refractivity contribution in [3.8, 4) is 0 Å². The van der Waals surface area contributed by atoms with Crippen molar-refractivity contribution < 1.29 is 19.4 Å². The van der Waals surface area contributed by atoms with E-state index in [1.807, 2.05) is 7.05 Å². The van der Waals surface area contributed by atoms with Crippen LogP contribution in [0.5, 0.6) is 0 Å². The third-order valence-electron chi connectivity index (χ3n) is 4.37. The van der Waals surface area contributed by atoms with Gasteiger partial charge in [0, 0.05) is 13.1 Å². The summed E-state index contributed by atoms with van der Waals surface area (Å²) in [6.45, 7) is 2.22. The maximum absolute atomic E-state index is 12.3. The van der Waals surface area contributed by atoms with E-state index in [9.17, 15) is 9.59 Å². The van der Waals surface area contributed by atoms with Crippen molar-refractivity contribution in [3.05, 3.63) is 0 Å². The number of hydrogen-bond donors (Lipinski definition) is 1. The smallest absolute Gasteiger partial charge is 0.332 e. The Bertz CT molecular complexity index is 357. The molecular weight excluding hydrogens is 246 g/mol. The van der Waals surface area contributed by atoms with Crippen LogP contribution in [0.25, 0.3) is 0 Å². The Morgan fingerprint density at radius 1 is 1.16 bits per heavy atom. The monoisotopic (exact) mass is 269 g/mol. The van der Waals surface area contributed by atoms with Crippen molar-refractivity contribution in [2.45, 2.75) is 63.7 Å². The molecule has 1 amide bonds. The molecule has 5 heteroatoms. The number of carboxylic acids is 1. The van der Waals surface area contributed by atoms with Crippen LogP contribution in [0.2, 0.25) is 0 Å². The van der Waals surface area contributed by atoms with Gasteiger partial charge >= 0.3 is 5.97 Å². The summed E-state index contributed by atoms with van der Waals surface area (Å²) in [6.07, 6.45) is 4.05. The zero-order valence-electron chi connectivity index (χ0n) is 11.7. The fourth-order valence-corrected chi connectivity index (χ4v) is 3.16. The number of ether oxygens (including phenoxy) is 1. The van der Waals surface area contributed by atoms with Gasteiger partial charge in [-0.05, 0) is 31.6 Å². The molecule has 0 aromatic rings. The molecule has 2 rings (SSSR count). The van der Waals surface area contributed by atoms with Gasteiger partial charge in [-0.2, -0.15) is 0 Å². The molecular formula is C14H23NO4. The fourth-order valence-electron chi connectivity index (χ4n) is 3.16. The Kier molecular flexibility index (Phi) is 4.45. The van der Waals surface area contributed by atoms with Crippen molar-refractivity contribution in [1.29, 1.82) is 0 Å². The Balaban J connectivity index is 1.90. The topological polar surface area (TPSA) is 66.8 Å². The first kappa shape index (κ1) is 14.3. The molecule has 1 N–H and O–H groups in total. The van der Waals surface area contributed by atoms with Crippen LogP contribution < -0.4 is 0 Å². The van der Waals surface area contributed by atoms with E-state index in [4.69, 9.17) is 9.84 Å². The van der Waals surface area contributed by atoms with E-state index in [-0.39, 0.29) is 11.9 Å². The summed E-state index contributed by atoms with van der Waals surface area (Å²) in [6, 6.07) is 0.281. The van der Waals surface area contributed by atoms with Gasteiger partial charge in [-0.25, -0.2) is 4.79 Å². The van der Waals surface area contributed by atoms with Gasteiger partial charge in [-0.3, -0.25) is 4.79 Å². The molecule has 19 heavy (non-hydrogen) atoms. The summed E-state index contributed by atoms with van der Waals surface area (Å²) >= 11 is 0. The second kappa shape index (κ2) is 5.90. The summed E-state index contributed by atoms with van der Waals surface area (Å²) in [5.41, 5.74) is 0. The zero-order valence-corrected chi connectivity index (χ0v) is 11.7. The number of nitrogens with zero attached hydrogens (tertiary/aromatic N) is 1. The van der Waals surface area contributed by atoms with Crippen molar-refractivity contribution >= 4 is 11.9 Å². The number of amides is 1. The average molecular weight is 269 g/mol. The molecule has 1 saturated carbocycles. The minimum atomic E-state index is -0.968. The summed E-state index contributed by atoms with van der Waals surface area (Å²) in [7, 11) is 1.82. The lowest BCUT2D eigenvalue weighted by Gasteiger charge is -2.35. The second-order valence-electron chi connectivity index (χ2n) is 5.90. The highest BCUT2D eigenvalue weighted by atomic mass is 16.5. The quantitative estimate of drug-likeness (QED) is 0.846. The minimum absolute atomic E-state index is 0.0529. The van der Waals surface area contributed by atoms with E-state index >= 15 is 0 Å². The van der Waals surface area contributed by atoms with E-state index in [0.717, 1.165) is 19.3 Å². The highest BCUT2D eigenvalue weighted by Crippen LogP contribution is 2.29. The van der Waals surface area contributed by atoms with Crippen molar-refractivity contribution in [2.24, 2.45) is 5.92 Å². The molecule has 108 valence electrons. The van der Waals surface area contributed by atoms with Gasteiger partial charge < -0.3 is 14.7 Å². The molecule has 1 saturated heterocycles. The predicted octanol–water partition coefficient (Wildman–Crippen LogP) is 1.66. The zero-order chi connectivity index (χ0) is 14.0. The van der Waals surface area contributed by atoms with E-state index in [0.29, 0.717) is 18.8 Å². The van der Waals surface area contributed by atoms with Crippen LogP contribution >= 0.6 is 0 Å². The first-order valence-corrected chi connectivity index (χ1v) is 7.14. The van der Waals surface area contributed by atoms with Crippen LogP contribution in [0.4, 0.5) is 0 Å². The van der Waals surface area contributed by atoms with Gasteiger partial charge in [0.1, 0.15) is 6.10 Å². The third-order valence-corrected chi connectivity index (χ3v) is 4.37. The molecule has 2 fully saturated rings. The lowest BCUT2D eigenvalue weighted by atomic mass is 9.86. The number of aliphatic carboxylic acids is 1. The van der Waals surface area contributed by atoms with Crippen LogP contribution in [0.3, 0.4) is 0 Å². The molecule has 0 spiro atoms. The first-order chi connectivity index (χ1) is 8.99. The molecule has 0 bridgehead atoms. The molecule has 2 unspecified atom stereocenters. The van der Waals surface area contributed by atoms with E-state index < -0.39 is 18.2 Å². The fraction of sp³-hybridized carbons (Fsp3) is 0.857. The van der Waals surface area contributed by atoms with Crippen molar-refractivity contribution in [2.75, 3.05) is 7.05 Å². The summed E-state index contributed by atoms with van der Waals surface area (Å²) in [5.74, 6) is -0.364. The van der Waals surface area contributed by atoms with E-state index in [1.54, 1.807) is 4.90 Å². The number of likely N-dealkylation sites (N-methyl/N-ethyl adjacent to an activating group) is 1. The highest BCUT2D eigenvalue weighted by molar-refractivity contribution is 5.82. The van der Waals surface area contributed by atoms with Crippen LogP contribution in [-0.4, -0.2) is 47.2 Å². The molecule has 1 aliphatic heterocycles. The van der Waals surface area contributed by atoms with Crippen LogP contribution in [0, 0.1) is 5.92 Å². The Hall–Kier alpha value is -1.10. The molecule has 4 atom stereocenters. The normalized spacial score (nSPS) is 35.1. The molecule has 2 aliphatic rings. The van der Waals surface area contributed by atoms with Gasteiger partial charge in [0.25, 0.3) is 5.91 Å². The lowest BCUT2D eigenvalue weighted by molar-refractivity contribution is -0.155. The van der Waals surface area contributed by atoms with Gasteiger partial charge in [0.2, 0.25) is 0 Å². The lowest BCUT2D eigenvalue weighted by Crippen LogP contribution is -2.45. The van der Waals surface area contributed by atoms with Gasteiger partial charge in [0.15, 0.2) is 6.10 Å². The second-order valence-corrected chi connectivity index (χ2v) is 5.90. The molecule has 0 aromatic carbocycles. The number of carbonyl (C=O) groups is 2. The Morgan fingerprint density at radius 3 is 2.42 bits per heavy atom. The minimum Gasteiger partial charge on any atom is -0.479 e. The molecule has 1 aliphatic carbocycles. The van der Waals surface area contributed by atoms with Gasteiger partial charge in [0.05, 0.1) is 0 Å². The number of carbonyl (C=O) groups excluding carboxylic acids is 1. The van der Waals surface area contributed by atoms with Gasteiger partial charge in [-0.15, -0.1) is 0 Å². The summed E-state index contributed by atoms with van der Waals surface area (Å²) in [5, 5.41) is 8.88. The predicted molar refractivity (Wildman–Crippen MR) is 69.7 cm³/mol. The summed E-state index contributed by atoms with van der Waals surface area (Å²) in [4.78, 5) is 24.9. The van der Waals surface area contributed by atoms with Crippen LogP contribution in [0.1, 0.15) is 45.4 Å². The van der Waals surface area contributed by atoms with E-state index in [1.165, 1.54) is 6.42 Å². The van der Waals surface area contributed by atoms with Crippen LogP contribution in [-0.2, 0) is 14.3 Å². The standard InChI is InChI=1S/C14H23NO4/c1-9-4-3-5-10(8-9)15(2)13(16)11-6-7-12(19-11)14(17)18/h9-12H,3-8H2,1-2H3,(H,17,18)/t9?,10?,11-,12+/m0/s1. The van der Waals surface area contributed by atoms with Crippen molar-refractivity contribution in [1.82, 2.24) is 4.90 Å². The molecule has 1 heterocycles. The maximum atomic E-state index is 12.3.